The van der Waals surface area contributed by atoms with Crippen molar-refractivity contribution in [1.29, 1.82) is 0 Å². The molecule has 0 spiro atoms. The molecule has 1 aromatic carbocycles. The smallest absolute Gasteiger partial charge is 0.251 e. The van der Waals surface area contributed by atoms with Gasteiger partial charge in [0.15, 0.2) is 5.82 Å². The van der Waals surface area contributed by atoms with Gasteiger partial charge in [-0.3, -0.25) is 9.69 Å². The average molecular weight is 340 g/mol. The van der Waals surface area contributed by atoms with E-state index in [2.05, 4.69) is 20.4 Å². The minimum absolute atomic E-state index is 0.0480. The van der Waals surface area contributed by atoms with Crippen LogP contribution in [0.3, 0.4) is 0 Å². The Labute approximate surface area is 147 Å². The van der Waals surface area contributed by atoms with Crippen molar-refractivity contribution >= 4 is 5.91 Å². The van der Waals surface area contributed by atoms with Crippen LogP contribution in [0, 0.1) is 0 Å². The van der Waals surface area contributed by atoms with E-state index in [9.17, 15) is 4.79 Å². The van der Waals surface area contributed by atoms with Crippen molar-refractivity contribution < 1.29 is 9.32 Å². The highest BCUT2D eigenvalue weighted by Gasteiger charge is 2.32. The summed E-state index contributed by atoms with van der Waals surface area (Å²) in [6.45, 7) is 2.93. The van der Waals surface area contributed by atoms with E-state index in [1.165, 1.54) is 18.4 Å². The summed E-state index contributed by atoms with van der Waals surface area (Å²) in [5, 5.41) is 6.87. The van der Waals surface area contributed by atoms with Gasteiger partial charge in [-0.2, -0.15) is 4.98 Å². The Bertz CT molecular complexity index is 736. The molecule has 132 valence electrons. The van der Waals surface area contributed by atoms with Crippen molar-refractivity contribution in [2.75, 3.05) is 20.1 Å². The second-order valence-electron chi connectivity index (χ2n) is 7.12. The second-order valence-corrected chi connectivity index (χ2v) is 7.12. The summed E-state index contributed by atoms with van der Waals surface area (Å²) in [6.07, 6.45) is 4.64. The first kappa shape index (κ1) is 16.3. The molecular formula is C19H24N4O2. The van der Waals surface area contributed by atoms with Crippen LogP contribution in [-0.2, 0) is 6.54 Å². The van der Waals surface area contributed by atoms with Crippen LogP contribution in [0.25, 0.3) is 0 Å². The molecule has 2 fully saturated rings. The molecule has 1 unspecified atom stereocenters. The van der Waals surface area contributed by atoms with Crippen molar-refractivity contribution in [3.05, 3.63) is 47.1 Å². The number of nitrogens with zero attached hydrogens (tertiary/aromatic N) is 3. The Morgan fingerprint density at radius 1 is 1.24 bits per heavy atom. The summed E-state index contributed by atoms with van der Waals surface area (Å²) < 4.78 is 5.42. The Morgan fingerprint density at radius 3 is 2.76 bits per heavy atom. The molecule has 25 heavy (non-hydrogen) atoms. The average Bonchev–Trinajstić information content (AvgIpc) is 3.39. The van der Waals surface area contributed by atoms with Crippen LogP contribution in [0.4, 0.5) is 0 Å². The zero-order valence-electron chi connectivity index (χ0n) is 14.6. The molecule has 0 bridgehead atoms. The number of aromatic nitrogens is 2. The molecular weight excluding hydrogens is 316 g/mol. The maximum atomic E-state index is 11.6. The number of rotatable bonds is 5. The van der Waals surface area contributed by atoms with Gasteiger partial charge in [0, 0.05) is 37.5 Å². The van der Waals surface area contributed by atoms with Crippen molar-refractivity contribution in [1.82, 2.24) is 20.4 Å². The fourth-order valence-corrected chi connectivity index (χ4v) is 3.48. The van der Waals surface area contributed by atoms with Gasteiger partial charge in [-0.1, -0.05) is 17.3 Å². The lowest BCUT2D eigenvalue weighted by atomic mass is 9.97. The number of benzene rings is 1. The number of carbonyl (C=O) groups excluding carboxylic acids is 1. The molecule has 1 aliphatic carbocycles. The van der Waals surface area contributed by atoms with E-state index in [0.717, 1.165) is 44.2 Å². The lowest BCUT2D eigenvalue weighted by molar-refractivity contribution is 0.0963. The number of carbonyl (C=O) groups is 1. The first-order valence-corrected chi connectivity index (χ1v) is 9.10. The zero-order chi connectivity index (χ0) is 17.2. The standard InChI is InChI=1S/C19H24N4O2/c1-20-18(24)14-6-4-13(5-7-14)11-23-10-2-3-16(12-23)17-21-19(25-22-17)15-8-9-15/h4-7,15-16H,2-3,8-12H2,1H3,(H,20,24). The Hall–Kier alpha value is -2.21. The molecule has 2 heterocycles. The van der Waals surface area contributed by atoms with Gasteiger partial charge in [-0.15, -0.1) is 0 Å². The Morgan fingerprint density at radius 2 is 2.04 bits per heavy atom. The summed E-state index contributed by atoms with van der Waals surface area (Å²) in [5.41, 5.74) is 1.92. The van der Waals surface area contributed by atoms with Crippen molar-refractivity contribution in [3.63, 3.8) is 0 Å². The summed E-state index contributed by atoms with van der Waals surface area (Å²) >= 11 is 0. The maximum absolute atomic E-state index is 11.6. The minimum atomic E-state index is -0.0480. The predicted molar refractivity (Wildman–Crippen MR) is 93.4 cm³/mol. The van der Waals surface area contributed by atoms with Crippen molar-refractivity contribution in [2.45, 2.75) is 44.1 Å². The molecule has 6 nitrogen and oxygen atoms in total. The molecule has 1 atom stereocenters. The zero-order valence-corrected chi connectivity index (χ0v) is 14.6. The number of hydrogen-bond acceptors (Lipinski definition) is 5. The fourth-order valence-electron chi connectivity index (χ4n) is 3.48. The lowest BCUT2D eigenvalue weighted by Crippen LogP contribution is -2.34. The second kappa shape index (κ2) is 6.96. The number of piperidine rings is 1. The molecule has 1 aliphatic heterocycles. The number of likely N-dealkylation sites (tertiary alicyclic amines) is 1. The van der Waals surface area contributed by atoms with E-state index in [-0.39, 0.29) is 5.91 Å². The third kappa shape index (κ3) is 3.74. The number of amides is 1. The quantitative estimate of drug-likeness (QED) is 0.906. The summed E-state index contributed by atoms with van der Waals surface area (Å²) in [4.78, 5) is 18.7. The van der Waals surface area contributed by atoms with Crippen LogP contribution in [-0.4, -0.2) is 41.1 Å². The Kier molecular flexibility index (Phi) is 4.53. The van der Waals surface area contributed by atoms with Crippen molar-refractivity contribution in [3.8, 4) is 0 Å². The minimum Gasteiger partial charge on any atom is -0.355 e. The van der Waals surface area contributed by atoms with Crippen molar-refractivity contribution in [2.24, 2.45) is 0 Å². The number of hydrogen-bond donors (Lipinski definition) is 1. The van der Waals surface area contributed by atoms with E-state index in [1.54, 1.807) is 7.05 Å². The van der Waals surface area contributed by atoms with Crippen LogP contribution in [0.1, 0.15) is 65.2 Å². The van der Waals surface area contributed by atoms with Crippen LogP contribution in [0.5, 0.6) is 0 Å². The highest BCUT2D eigenvalue weighted by atomic mass is 16.5. The van der Waals surface area contributed by atoms with Gasteiger partial charge >= 0.3 is 0 Å². The molecule has 1 aromatic heterocycles. The molecule has 4 rings (SSSR count). The van der Waals surface area contributed by atoms with E-state index in [4.69, 9.17) is 4.52 Å². The molecule has 1 saturated carbocycles. The lowest BCUT2D eigenvalue weighted by Gasteiger charge is -2.31. The first-order chi connectivity index (χ1) is 12.2. The van der Waals surface area contributed by atoms with Gasteiger partial charge in [0.2, 0.25) is 5.89 Å². The molecule has 2 aromatic rings. The monoisotopic (exact) mass is 340 g/mol. The largest absolute Gasteiger partial charge is 0.355 e. The van der Waals surface area contributed by atoms with Crippen LogP contribution >= 0.6 is 0 Å². The van der Waals surface area contributed by atoms with Gasteiger partial charge in [-0.05, 0) is 49.9 Å². The van der Waals surface area contributed by atoms with E-state index >= 15 is 0 Å². The third-order valence-electron chi connectivity index (χ3n) is 5.10. The molecule has 1 saturated heterocycles. The highest BCUT2D eigenvalue weighted by molar-refractivity contribution is 5.93. The topological polar surface area (TPSA) is 71.3 Å². The molecule has 1 N–H and O–H groups in total. The molecule has 1 amide bonds. The predicted octanol–water partition coefficient (Wildman–Crippen LogP) is 2.69. The van der Waals surface area contributed by atoms with Gasteiger partial charge in [0.25, 0.3) is 5.91 Å². The van der Waals surface area contributed by atoms with Crippen LogP contribution in [0.15, 0.2) is 28.8 Å². The fraction of sp³-hybridized carbons (Fsp3) is 0.526. The summed E-state index contributed by atoms with van der Waals surface area (Å²) in [5.74, 6) is 2.53. The van der Waals surface area contributed by atoms with Crippen LogP contribution in [0.2, 0.25) is 0 Å². The maximum Gasteiger partial charge on any atom is 0.251 e. The number of nitrogens with one attached hydrogen (secondary N) is 1. The van der Waals surface area contributed by atoms with Gasteiger partial charge in [0.05, 0.1) is 0 Å². The molecule has 2 aliphatic rings. The van der Waals surface area contributed by atoms with Crippen LogP contribution < -0.4 is 5.32 Å². The molecule has 6 heteroatoms. The SMILES string of the molecule is CNC(=O)c1ccc(CN2CCCC(c3noc(C4CC4)n3)C2)cc1. The highest BCUT2D eigenvalue weighted by Crippen LogP contribution is 2.39. The molecule has 0 radical (unpaired) electrons. The summed E-state index contributed by atoms with van der Waals surface area (Å²) in [7, 11) is 1.65. The van der Waals surface area contributed by atoms with Gasteiger partial charge in [-0.25, -0.2) is 0 Å². The van der Waals surface area contributed by atoms with E-state index in [1.807, 2.05) is 24.3 Å². The first-order valence-electron chi connectivity index (χ1n) is 9.10. The van der Waals surface area contributed by atoms with Gasteiger partial charge < -0.3 is 9.84 Å². The van der Waals surface area contributed by atoms with E-state index in [0.29, 0.717) is 17.4 Å². The summed E-state index contributed by atoms with van der Waals surface area (Å²) in [6, 6.07) is 7.84. The Balaban J connectivity index is 1.38. The normalized spacial score (nSPS) is 21.2. The van der Waals surface area contributed by atoms with E-state index < -0.39 is 0 Å². The third-order valence-corrected chi connectivity index (χ3v) is 5.10. The van der Waals surface area contributed by atoms with Gasteiger partial charge in [0.1, 0.15) is 0 Å².